The first kappa shape index (κ1) is 21.9. The maximum absolute atomic E-state index is 14.4. The number of fused-ring (bicyclic) bond motifs is 1. The lowest BCUT2D eigenvalue weighted by Gasteiger charge is -2.07. The Hall–Kier alpha value is -3.35. The van der Waals surface area contributed by atoms with Gasteiger partial charge in [-0.05, 0) is 12.1 Å². The first-order chi connectivity index (χ1) is 15.0. The molecule has 0 saturated carbocycles. The average Bonchev–Trinajstić information content (AvgIpc) is 3.25. The van der Waals surface area contributed by atoms with E-state index < -0.39 is 27.5 Å². The minimum absolute atomic E-state index is 0.00413. The number of alkyl halides is 3. The molecule has 0 spiro atoms. The Balaban J connectivity index is 2.03. The summed E-state index contributed by atoms with van der Waals surface area (Å²) in [4.78, 5) is 15.7. The number of hydrogen-bond acceptors (Lipinski definition) is 6. The van der Waals surface area contributed by atoms with Gasteiger partial charge in [-0.3, -0.25) is 4.98 Å². The zero-order valence-corrected chi connectivity index (χ0v) is 17.8. The van der Waals surface area contributed by atoms with Crippen molar-refractivity contribution in [3.8, 4) is 22.9 Å². The van der Waals surface area contributed by atoms with Gasteiger partial charge in [0.05, 0.1) is 34.7 Å². The van der Waals surface area contributed by atoms with Gasteiger partial charge in [0.1, 0.15) is 17.2 Å². The van der Waals surface area contributed by atoms with E-state index in [1.54, 1.807) is 0 Å². The molecule has 0 aliphatic rings. The second-order valence-corrected chi connectivity index (χ2v) is 9.15. The van der Waals surface area contributed by atoms with Crippen LogP contribution < -0.4 is 0 Å². The summed E-state index contributed by atoms with van der Waals surface area (Å²) < 4.78 is 82.0. The highest BCUT2D eigenvalue weighted by atomic mass is 32.2. The minimum atomic E-state index is -4.67. The van der Waals surface area contributed by atoms with Crippen molar-refractivity contribution in [2.45, 2.75) is 18.1 Å². The molecule has 13 heteroatoms. The van der Waals surface area contributed by atoms with E-state index in [9.17, 15) is 26.0 Å². The van der Waals surface area contributed by atoms with Crippen LogP contribution in [0.25, 0.3) is 33.9 Å². The van der Waals surface area contributed by atoms with E-state index in [4.69, 9.17) is 0 Å². The molecular formula is C19H16F4N6O2S. The van der Waals surface area contributed by atoms with Crippen LogP contribution in [-0.4, -0.2) is 43.2 Å². The van der Waals surface area contributed by atoms with Gasteiger partial charge in [-0.2, -0.15) is 13.2 Å². The zero-order valence-electron chi connectivity index (χ0n) is 17.0. The molecule has 32 heavy (non-hydrogen) atoms. The first-order valence-corrected chi connectivity index (χ1v) is 10.9. The summed E-state index contributed by atoms with van der Waals surface area (Å²) in [5, 5.41) is -0.228. The number of aromatic nitrogens is 6. The van der Waals surface area contributed by atoms with Crippen LogP contribution >= 0.6 is 0 Å². The summed E-state index contributed by atoms with van der Waals surface area (Å²) in [7, 11) is -0.960. The Kier molecular flexibility index (Phi) is 5.03. The third-order valence-electron chi connectivity index (χ3n) is 5.00. The lowest BCUT2D eigenvalue weighted by Crippen LogP contribution is -2.11. The quantitative estimate of drug-likeness (QED) is 0.426. The predicted octanol–water partition coefficient (Wildman–Crippen LogP) is 3.38. The van der Waals surface area contributed by atoms with Crippen LogP contribution in [-0.2, 0) is 30.1 Å². The molecular weight excluding hydrogens is 452 g/mol. The van der Waals surface area contributed by atoms with E-state index >= 15 is 0 Å². The lowest BCUT2D eigenvalue weighted by molar-refractivity contribution is -0.141. The van der Waals surface area contributed by atoms with Crippen LogP contribution in [0, 0.1) is 5.82 Å². The van der Waals surface area contributed by atoms with Crippen molar-refractivity contribution in [2.24, 2.45) is 14.1 Å². The van der Waals surface area contributed by atoms with Gasteiger partial charge in [-0.15, -0.1) is 0 Å². The third kappa shape index (κ3) is 3.42. The van der Waals surface area contributed by atoms with Gasteiger partial charge in [0.25, 0.3) is 0 Å². The molecule has 0 unspecified atom stereocenters. The fourth-order valence-corrected chi connectivity index (χ4v) is 4.58. The van der Waals surface area contributed by atoms with Crippen molar-refractivity contribution in [2.75, 3.05) is 5.75 Å². The van der Waals surface area contributed by atoms with E-state index in [2.05, 4.69) is 19.9 Å². The molecule has 0 bridgehead atoms. The van der Waals surface area contributed by atoms with E-state index in [0.717, 1.165) is 18.5 Å². The smallest absolute Gasteiger partial charge is 0.324 e. The monoisotopic (exact) mass is 468 g/mol. The summed E-state index contributed by atoms with van der Waals surface area (Å²) in [6, 6.07) is 2.12. The Morgan fingerprint density at radius 3 is 2.41 bits per heavy atom. The summed E-state index contributed by atoms with van der Waals surface area (Å²) in [6.45, 7) is 1.44. The molecule has 168 valence electrons. The molecule has 4 aromatic heterocycles. The van der Waals surface area contributed by atoms with E-state index in [1.807, 2.05) is 0 Å². The molecule has 0 radical (unpaired) electrons. The maximum Gasteiger partial charge on any atom is 0.433 e. The number of halogens is 4. The Labute approximate surface area is 179 Å². The summed E-state index contributed by atoms with van der Waals surface area (Å²) in [5.41, 5.74) is -1.01. The zero-order chi connectivity index (χ0) is 23.4. The molecule has 0 aliphatic heterocycles. The van der Waals surface area contributed by atoms with E-state index in [-0.39, 0.29) is 44.7 Å². The largest absolute Gasteiger partial charge is 0.433 e. The number of imidazole rings is 2. The fraction of sp³-hybridized carbons (Fsp3) is 0.263. The number of rotatable bonds is 4. The van der Waals surface area contributed by atoms with Crippen LogP contribution in [0.4, 0.5) is 17.6 Å². The van der Waals surface area contributed by atoms with Crippen LogP contribution in [0.3, 0.4) is 0 Å². The topological polar surface area (TPSA) is 95.6 Å². The number of nitrogens with zero attached hydrogens (tertiary/aromatic N) is 6. The van der Waals surface area contributed by atoms with Crippen molar-refractivity contribution in [1.82, 2.24) is 29.1 Å². The van der Waals surface area contributed by atoms with Crippen molar-refractivity contribution >= 4 is 20.9 Å². The van der Waals surface area contributed by atoms with Crippen LogP contribution in [0.15, 0.2) is 35.7 Å². The fourth-order valence-electron chi connectivity index (χ4n) is 3.38. The molecule has 8 nitrogen and oxygen atoms in total. The third-order valence-corrected chi connectivity index (χ3v) is 6.82. The standard InChI is InChI=1S/C19H16F4N6O2S/c1-4-32(30,31)18-15(27-16(29(18)3)10-5-6-24-8-11(10)20)17-26-12-7-14(19(21,22)23)25-9-13(12)28(17)2/h5-9H,4H2,1-3H3. The maximum atomic E-state index is 14.4. The number of hydrogen-bond donors (Lipinski definition) is 0. The van der Waals surface area contributed by atoms with Gasteiger partial charge < -0.3 is 9.13 Å². The average molecular weight is 468 g/mol. The summed E-state index contributed by atoms with van der Waals surface area (Å²) in [6.07, 6.45) is -1.36. The van der Waals surface area contributed by atoms with Gasteiger partial charge in [0.2, 0.25) is 0 Å². The molecule has 0 saturated heterocycles. The second kappa shape index (κ2) is 7.36. The predicted molar refractivity (Wildman–Crippen MR) is 107 cm³/mol. The van der Waals surface area contributed by atoms with Crippen molar-refractivity contribution in [3.63, 3.8) is 0 Å². The van der Waals surface area contributed by atoms with Gasteiger partial charge in [-0.1, -0.05) is 6.92 Å². The molecule has 4 heterocycles. The number of pyridine rings is 2. The first-order valence-electron chi connectivity index (χ1n) is 9.25. The van der Waals surface area contributed by atoms with Crippen LogP contribution in [0.5, 0.6) is 0 Å². The lowest BCUT2D eigenvalue weighted by atomic mass is 10.2. The van der Waals surface area contributed by atoms with Gasteiger partial charge in [0.15, 0.2) is 26.5 Å². The Bertz CT molecular complexity index is 1460. The SMILES string of the molecule is CCS(=O)(=O)c1c(-c2nc3cc(C(F)(F)F)ncc3n2C)nc(-c2ccncc2F)n1C. The van der Waals surface area contributed by atoms with Crippen LogP contribution in [0.1, 0.15) is 12.6 Å². The van der Waals surface area contributed by atoms with Gasteiger partial charge in [0, 0.05) is 20.3 Å². The molecule has 0 fully saturated rings. The molecule has 4 aromatic rings. The van der Waals surface area contributed by atoms with Crippen molar-refractivity contribution in [3.05, 3.63) is 42.2 Å². The summed E-state index contributed by atoms with van der Waals surface area (Å²) >= 11 is 0. The van der Waals surface area contributed by atoms with Crippen molar-refractivity contribution in [1.29, 1.82) is 0 Å². The molecule has 0 aliphatic carbocycles. The van der Waals surface area contributed by atoms with Gasteiger partial charge in [-0.25, -0.2) is 27.8 Å². The Morgan fingerprint density at radius 2 is 1.78 bits per heavy atom. The summed E-state index contributed by atoms with van der Waals surface area (Å²) in [5.74, 6) is -0.976. The highest BCUT2D eigenvalue weighted by Gasteiger charge is 2.34. The highest BCUT2D eigenvalue weighted by molar-refractivity contribution is 7.91. The van der Waals surface area contributed by atoms with E-state index in [1.165, 1.54) is 42.4 Å². The molecule has 4 rings (SSSR count). The normalized spacial score (nSPS) is 12.6. The van der Waals surface area contributed by atoms with Gasteiger partial charge >= 0.3 is 6.18 Å². The Morgan fingerprint density at radius 1 is 1.06 bits per heavy atom. The van der Waals surface area contributed by atoms with Crippen molar-refractivity contribution < 1.29 is 26.0 Å². The number of aryl methyl sites for hydroxylation is 1. The number of sulfone groups is 1. The minimum Gasteiger partial charge on any atom is -0.324 e. The second-order valence-electron chi connectivity index (χ2n) is 6.96. The molecule has 0 amide bonds. The molecule has 0 atom stereocenters. The molecule has 0 aromatic carbocycles. The van der Waals surface area contributed by atoms with E-state index in [0.29, 0.717) is 0 Å². The molecule has 0 N–H and O–H groups in total. The highest BCUT2D eigenvalue weighted by Crippen LogP contribution is 2.35. The van der Waals surface area contributed by atoms with Crippen LogP contribution in [0.2, 0.25) is 0 Å².